The van der Waals surface area contributed by atoms with E-state index in [1.165, 1.54) is 33.5 Å². The van der Waals surface area contributed by atoms with Gasteiger partial charge in [0, 0.05) is 38.8 Å². The summed E-state index contributed by atoms with van der Waals surface area (Å²) in [6.45, 7) is 10.1. The van der Waals surface area contributed by atoms with E-state index in [1.54, 1.807) is 11.9 Å². The summed E-state index contributed by atoms with van der Waals surface area (Å²) in [5.74, 6) is 0.228. The van der Waals surface area contributed by atoms with E-state index in [1.807, 2.05) is 13.8 Å². The van der Waals surface area contributed by atoms with Crippen LogP contribution in [0.3, 0.4) is 0 Å². The van der Waals surface area contributed by atoms with Crippen LogP contribution in [-0.2, 0) is 14.8 Å². The van der Waals surface area contributed by atoms with Crippen LogP contribution in [0.1, 0.15) is 44.5 Å². The normalized spacial score (nSPS) is 20.3. The molecule has 1 saturated heterocycles. The molecule has 1 aromatic rings. The minimum absolute atomic E-state index is 0.00980. The van der Waals surface area contributed by atoms with E-state index in [4.69, 9.17) is 0 Å². The van der Waals surface area contributed by atoms with E-state index in [0.29, 0.717) is 43.6 Å². The molecular weight excluding hydrogens is 390 g/mol. The van der Waals surface area contributed by atoms with E-state index in [-0.39, 0.29) is 23.3 Å². The van der Waals surface area contributed by atoms with Crippen molar-refractivity contribution in [3.8, 4) is 0 Å². The molecule has 8 heteroatoms. The second-order valence-corrected chi connectivity index (χ2v) is 9.96. The SMILES string of the molecule is CCN(CC)C(=O)CN(C)C(=O)c1ccc(S(=O)(=O)N2C[C@H](C)C[C@@H](C)C2)cc1. The van der Waals surface area contributed by atoms with Crippen LogP contribution in [0.2, 0.25) is 0 Å². The summed E-state index contributed by atoms with van der Waals surface area (Å²) in [7, 11) is -2.01. The summed E-state index contributed by atoms with van der Waals surface area (Å²) in [4.78, 5) is 28.1. The molecular formula is C21H33N3O4S. The summed E-state index contributed by atoms with van der Waals surface area (Å²) in [5.41, 5.74) is 0.360. The molecule has 0 radical (unpaired) electrons. The maximum Gasteiger partial charge on any atom is 0.254 e. The van der Waals surface area contributed by atoms with Crippen LogP contribution in [0.15, 0.2) is 29.2 Å². The second-order valence-electron chi connectivity index (χ2n) is 8.02. The molecule has 1 fully saturated rings. The van der Waals surface area contributed by atoms with Crippen LogP contribution in [-0.4, -0.2) is 74.1 Å². The Morgan fingerprint density at radius 1 is 1.03 bits per heavy atom. The molecule has 1 heterocycles. The quantitative estimate of drug-likeness (QED) is 0.674. The third kappa shape index (κ3) is 5.57. The lowest BCUT2D eigenvalue weighted by atomic mass is 9.94. The van der Waals surface area contributed by atoms with Gasteiger partial charge >= 0.3 is 0 Å². The number of rotatable bonds is 7. The molecule has 7 nitrogen and oxygen atoms in total. The maximum absolute atomic E-state index is 13.0. The summed E-state index contributed by atoms with van der Waals surface area (Å²) >= 11 is 0. The molecule has 0 aliphatic carbocycles. The van der Waals surface area contributed by atoms with Crippen molar-refractivity contribution in [1.29, 1.82) is 0 Å². The Morgan fingerprint density at radius 2 is 1.55 bits per heavy atom. The molecule has 1 aliphatic heterocycles. The zero-order chi connectivity index (χ0) is 21.8. The highest BCUT2D eigenvalue weighted by Crippen LogP contribution is 2.26. The third-order valence-electron chi connectivity index (χ3n) is 5.41. The first-order valence-corrected chi connectivity index (χ1v) is 11.7. The minimum Gasteiger partial charge on any atom is -0.342 e. The highest BCUT2D eigenvalue weighted by Gasteiger charge is 2.31. The summed E-state index contributed by atoms with van der Waals surface area (Å²) < 4.78 is 27.5. The highest BCUT2D eigenvalue weighted by molar-refractivity contribution is 7.89. The molecule has 29 heavy (non-hydrogen) atoms. The Balaban J connectivity index is 2.10. The predicted molar refractivity (Wildman–Crippen MR) is 113 cm³/mol. The van der Waals surface area contributed by atoms with Crippen molar-refractivity contribution in [2.45, 2.75) is 39.0 Å². The number of piperidine rings is 1. The lowest BCUT2D eigenvalue weighted by Crippen LogP contribution is -2.42. The van der Waals surface area contributed by atoms with Gasteiger partial charge in [-0.1, -0.05) is 13.8 Å². The van der Waals surface area contributed by atoms with Crippen LogP contribution in [0, 0.1) is 11.8 Å². The maximum atomic E-state index is 13.0. The molecule has 162 valence electrons. The molecule has 0 saturated carbocycles. The van der Waals surface area contributed by atoms with Crippen molar-refractivity contribution in [3.63, 3.8) is 0 Å². The number of hydrogen-bond acceptors (Lipinski definition) is 4. The van der Waals surface area contributed by atoms with Gasteiger partial charge < -0.3 is 9.80 Å². The van der Waals surface area contributed by atoms with E-state index < -0.39 is 10.0 Å². The van der Waals surface area contributed by atoms with Crippen molar-refractivity contribution in [2.75, 3.05) is 39.8 Å². The van der Waals surface area contributed by atoms with Gasteiger partial charge in [-0.15, -0.1) is 0 Å². The summed E-state index contributed by atoms with van der Waals surface area (Å²) in [5, 5.41) is 0. The number of carbonyl (C=O) groups is 2. The Kier molecular flexibility index (Phi) is 7.82. The van der Waals surface area contributed by atoms with Crippen molar-refractivity contribution in [1.82, 2.24) is 14.1 Å². The van der Waals surface area contributed by atoms with Gasteiger partial charge in [0.25, 0.3) is 5.91 Å². The first kappa shape index (κ1) is 23.3. The molecule has 1 aliphatic rings. The van der Waals surface area contributed by atoms with Crippen molar-refractivity contribution in [2.24, 2.45) is 11.8 Å². The van der Waals surface area contributed by atoms with E-state index in [9.17, 15) is 18.0 Å². The van der Waals surface area contributed by atoms with Gasteiger partial charge in [-0.25, -0.2) is 8.42 Å². The van der Waals surface area contributed by atoms with Crippen LogP contribution in [0.5, 0.6) is 0 Å². The molecule has 0 spiro atoms. The van der Waals surface area contributed by atoms with E-state index in [2.05, 4.69) is 13.8 Å². The largest absolute Gasteiger partial charge is 0.342 e. The number of carbonyl (C=O) groups excluding carboxylic acids is 2. The van der Waals surface area contributed by atoms with Gasteiger partial charge in [-0.05, 0) is 56.4 Å². The van der Waals surface area contributed by atoms with Crippen LogP contribution in [0.25, 0.3) is 0 Å². The number of amides is 2. The van der Waals surface area contributed by atoms with E-state index in [0.717, 1.165) is 6.42 Å². The molecule has 0 unspecified atom stereocenters. The van der Waals surface area contributed by atoms with Crippen molar-refractivity contribution >= 4 is 21.8 Å². The first-order valence-electron chi connectivity index (χ1n) is 10.2. The number of sulfonamides is 1. The average molecular weight is 424 g/mol. The number of benzene rings is 1. The standard InChI is InChI=1S/C21H33N3O4S/c1-6-23(7-2)20(25)15-22(5)21(26)18-8-10-19(11-9-18)29(27,28)24-13-16(3)12-17(4)14-24/h8-11,16-17H,6-7,12-15H2,1-5H3/t16-,17-/m1/s1. The number of likely N-dealkylation sites (N-methyl/N-ethyl adjacent to an activating group) is 2. The summed E-state index contributed by atoms with van der Waals surface area (Å²) in [6, 6.07) is 5.99. The van der Waals surface area contributed by atoms with Crippen LogP contribution >= 0.6 is 0 Å². The van der Waals surface area contributed by atoms with Crippen LogP contribution in [0.4, 0.5) is 0 Å². The molecule has 2 amide bonds. The van der Waals surface area contributed by atoms with Crippen LogP contribution < -0.4 is 0 Å². The first-order chi connectivity index (χ1) is 13.6. The molecule has 2 atom stereocenters. The van der Waals surface area contributed by atoms with Crippen molar-refractivity contribution in [3.05, 3.63) is 29.8 Å². The fourth-order valence-corrected chi connectivity index (χ4v) is 5.57. The molecule has 2 rings (SSSR count). The topological polar surface area (TPSA) is 78.0 Å². The molecule has 1 aromatic carbocycles. The van der Waals surface area contributed by atoms with Crippen molar-refractivity contribution < 1.29 is 18.0 Å². The fourth-order valence-electron chi connectivity index (χ4n) is 3.89. The lowest BCUT2D eigenvalue weighted by Gasteiger charge is -2.34. The second kappa shape index (κ2) is 9.71. The zero-order valence-corrected chi connectivity index (χ0v) is 18.9. The monoisotopic (exact) mass is 423 g/mol. The van der Waals surface area contributed by atoms with Gasteiger partial charge in [0.15, 0.2) is 0 Å². The molecule has 0 bridgehead atoms. The molecule has 0 N–H and O–H groups in total. The third-order valence-corrected chi connectivity index (χ3v) is 7.26. The molecule has 0 aromatic heterocycles. The predicted octanol–water partition coefficient (Wildman–Crippen LogP) is 2.29. The summed E-state index contributed by atoms with van der Waals surface area (Å²) in [6.07, 6.45) is 1.03. The minimum atomic E-state index is -3.58. The number of nitrogens with zero attached hydrogens (tertiary/aromatic N) is 3. The Morgan fingerprint density at radius 3 is 2.03 bits per heavy atom. The Hall–Kier alpha value is -1.93. The van der Waals surface area contributed by atoms with E-state index >= 15 is 0 Å². The van der Waals surface area contributed by atoms with Gasteiger partial charge in [0.05, 0.1) is 11.4 Å². The smallest absolute Gasteiger partial charge is 0.254 e. The highest BCUT2D eigenvalue weighted by atomic mass is 32.2. The lowest BCUT2D eigenvalue weighted by molar-refractivity contribution is -0.131. The van der Waals surface area contributed by atoms with Gasteiger partial charge in [-0.2, -0.15) is 4.31 Å². The van der Waals surface area contributed by atoms with Gasteiger partial charge in [-0.3, -0.25) is 9.59 Å². The Bertz CT molecular complexity index is 809. The average Bonchev–Trinajstić information content (AvgIpc) is 2.67. The van der Waals surface area contributed by atoms with Gasteiger partial charge in [0.1, 0.15) is 0 Å². The van der Waals surface area contributed by atoms with Gasteiger partial charge in [0.2, 0.25) is 15.9 Å². The fraction of sp³-hybridized carbons (Fsp3) is 0.619. The number of hydrogen-bond donors (Lipinski definition) is 0. The zero-order valence-electron chi connectivity index (χ0n) is 18.1. The Labute approximate surface area is 174 Å².